The van der Waals surface area contributed by atoms with Crippen molar-refractivity contribution in [3.63, 3.8) is 0 Å². The number of sulfonamides is 1. The summed E-state index contributed by atoms with van der Waals surface area (Å²) in [7, 11) is -3.67. The first kappa shape index (κ1) is 15.2. The molecule has 1 fully saturated rings. The van der Waals surface area contributed by atoms with Crippen molar-refractivity contribution in [3.8, 4) is 0 Å². The molecule has 0 bridgehead atoms. The van der Waals surface area contributed by atoms with Gasteiger partial charge in [-0.2, -0.15) is 16.8 Å². The summed E-state index contributed by atoms with van der Waals surface area (Å²) < 4.78 is 32.0. The maximum Gasteiger partial charge on any atom is 0.312 e. The van der Waals surface area contributed by atoms with Crippen LogP contribution >= 0.6 is 11.8 Å². The lowest BCUT2D eigenvalue weighted by atomic mass is 10.2. The van der Waals surface area contributed by atoms with Crippen LogP contribution in [0.2, 0.25) is 0 Å². The zero-order chi connectivity index (χ0) is 15.6. The Kier molecular flexibility index (Phi) is 4.25. The smallest absolute Gasteiger partial charge is 0.279 e. The maximum absolute atomic E-state index is 12.3. The van der Waals surface area contributed by atoms with Crippen LogP contribution in [-0.2, 0) is 10.0 Å². The van der Waals surface area contributed by atoms with E-state index in [1.54, 1.807) is 35.3 Å². The summed E-state index contributed by atoms with van der Waals surface area (Å²) in [4.78, 5) is 1.74. The van der Waals surface area contributed by atoms with Crippen molar-refractivity contribution in [2.45, 2.75) is 11.8 Å². The summed E-state index contributed by atoms with van der Waals surface area (Å²) in [5.74, 6) is 2.13. The molecule has 0 saturated carbocycles. The molecule has 0 spiro atoms. The maximum atomic E-state index is 12.3. The SMILES string of the molecule is Cc1ccc(S(=O)(=O)Nc2c[n+](N3CCSCC3)no2)cc1. The molecule has 1 N–H and O–H groups in total. The van der Waals surface area contributed by atoms with Crippen LogP contribution in [0.15, 0.2) is 39.9 Å². The molecular weight excluding hydrogens is 324 g/mol. The summed E-state index contributed by atoms with van der Waals surface area (Å²) in [6.07, 6.45) is 1.54. The standard InChI is InChI=1S/C13H17N4O3S2/c1-11-2-4-12(5-3-11)22(18,19)14-13-10-17(15-20-13)16-6-8-21-9-7-16/h2-5,10,14H,6-9H2,1H3/q+1. The lowest BCUT2D eigenvalue weighted by Crippen LogP contribution is -2.61. The Hall–Kier alpha value is -1.74. The third-order valence-electron chi connectivity index (χ3n) is 3.30. The first-order chi connectivity index (χ1) is 10.5. The Morgan fingerprint density at radius 1 is 1.27 bits per heavy atom. The van der Waals surface area contributed by atoms with E-state index in [1.807, 2.05) is 23.7 Å². The molecule has 1 aromatic heterocycles. The Morgan fingerprint density at radius 2 is 1.95 bits per heavy atom. The molecule has 3 rings (SSSR count). The number of nitrogens with zero attached hydrogens (tertiary/aromatic N) is 3. The van der Waals surface area contributed by atoms with Gasteiger partial charge in [-0.3, -0.25) is 4.52 Å². The van der Waals surface area contributed by atoms with E-state index in [2.05, 4.69) is 9.99 Å². The first-order valence-electron chi connectivity index (χ1n) is 6.86. The number of hydrogen-bond acceptors (Lipinski definition) is 6. The zero-order valence-electron chi connectivity index (χ0n) is 12.1. The Morgan fingerprint density at radius 3 is 2.64 bits per heavy atom. The first-order valence-corrected chi connectivity index (χ1v) is 9.49. The summed E-state index contributed by atoms with van der Waals surface area (Å²) in [5, 5.41) is 5.87. The highest BCUT2D eigenvalue weighted by atomic mass is 32.2. The monoisotopic (exact) mass is 341 g/mol. The predicted octanol–water partition coefficient (Wildman–Crippen LogP) is 0.756. The van der Waals surface area contributed by atoms with Crippen LogP contribution in [-0.4, -0.2) is 38.3 Å². The van der Waals surface area contributed by atoms with Gasteiger partial charge in [0.25, 0.3) is 16.2 Å². The molecule has 0 radical (unpaired) electrons. The summed E-state index contributed by atoms with van der Waals surface area (Å²) >= 11 is 1.88. The molecule has 2 heterocycles. The van der Waals surface area contributed by atoms with Gasteiger partial charge < -0.3 is 0 Å². The topological polar surface area (TPSA) is 79.3 Å². The van der Waals surface area contributed by atoms with Crippen LogP contribution in [0.4, 0.5) is 5.88 Å². The Bertz CT molecular complexity index is 737. The minimum atomic E-state index is -3.67. The van der Waals surface area contributed by atoms with E-state index in [-0.39, 0.29) is 10.8 Å². The van der Waals surface area contributed by atoms with E-state index in [0.717, 1.165) is 30.2 Å². The molecule has 118 valence electrons. The van der Waals surface area contributed by atoms with Crippen LogP contribution in [0.25, 0.3) is 0 Å². The zero-order valence-corrected chi connectivity index (χ0v) is 13.7. The van der Waals surface area contributed by atoms with Crippen molar-refractivity contribution in [1.82, 2.24) is 5.27 Å². The van der Waals surface area contributed by atoms with Gasteiger partial charge >= 0.3 is 5.88 Å². The number of hydrogen-bond donors (Lipinski definition) is 1. The lowest BCUT2D eigenvalue weighted by Gasteiger charge is -2.17. The Balaban J connectivity index is 1.75. The second-order valence-electron chi connectivity index (χ2n) is 4.97. The fourth-order valence-corrected chi connectivity index (χ4v) is 3.93. The fraction of sp³-hybridized carbons (Fsp3) is 0.385. The minimum Gasteiger partial charge on any atom is -0.279 e. The van der Waals surface area contributed by atoms with Gasteiger partial charge in [-0.25, -0.2) is 13.1 Å². The van der Waals surface area contributed by atoms with Crippen LogP contribution in [0, 0.1) is 6.92 Å². The van der Waals surface area contributed by atoms with Crippen molar-refractivity contribution < 1.29 is 17.7 Å². The molecule has 0 unspecified atom stereocenters. The second kappa shape index (κ2) is 6.17. The highest BCUT2D eigenvalue weighted by Gasteiger charge is 2.25. The van der Waals surface area contributed by atoms with Gasteiger partial charge in [0, 0.05) is 11.5 Å². The van der Waals surface area contributed by atoms with E-state index in [1.165, 1.54) is 0 Å². The molecule has 1 saturated heterocycles. The van der Waals surface area contributed by atoms with Gasteiger partial charge in [-0.15, -0.1) is 0 Å². The molecule has 0 aliphatic carbocycles. The molecule has 7 nitrogen and oxygen atoms in total. The molecular formula is C13H17N4O3S2+. The van der Waals surface area contributed by atoms with Crippen LogP contribution in [0.5, 0.6) is 0 Å². The normalized spacial score (nSPS) is 15.8. The fourth-order valence-electron chi connectivity index (χ4n) is 2.08. The van der Waals surface area contributed by atoms with Crippen LogP contribution < -0.4 is 14.5 Å². The average Bonchev–Trinajstić information content (AvgIpc) is 2.96. The van der Waals surface area contributed by atoms with Crippen molar-refractivity contribution in [1.29, 1.82) is 0 Å². The molecule has 1 aromatic carbocycles. The van der Waals surface area contributed by atoms with Gasteiger partial charge in [-0.1, -0.05) is 17.7 Å². The van der Waals surface area contributed by atoms with Gasteiger partial charge in [0.1, 0.15) is 0 Å². The Labute approximate surface area is 133 Å². The van der Waals surface area contributed by atoms with Crippen molar-refractivity contribution in [3.05, 3.63) is 36.0 Å². The molecule has 9 heteroatoms. The number of thioether (sulfide) groups is 1. The van der Waals surface area contributed by atoms with E-state index < -0.39 is 10.0 Å². The molecule has 22 heavy (non-hydrogen) atoms. The van der Waals surface area contributed by atoms with E-state index >= 15 is 0 Å². The lowest BCUT2D eigenvalue weighted by molar-refractivity contribution is -0.757. The van der Waals surface area contributed by atoms with Crippen molar-refractivity contribution in [2.75, 3.05) is 34.3 Å². The number of benzene rings is 1. The summed E-state index contributed by atoms with van der Waals surface area (Å²) in [6.45, 7) is 3.61. The van der Waals surface area contributed by atoms with Gasteiger partial charge in [0.2, 0.25) is 5.27 Å². The van der Waals surface area contributed by atoms with E-state index in [0.29, 0.717) is 0 Å². The number of rotatable bonds is 4. The third kappa shape index (κ3) is 3.36. The molecule has 2 aromatic rings. The molecule has 0 amide bonds. The molecule has 0 atom stereocenters. The highest BCUT2D eigenvalue weighted by molar-refractivity contribution is 7.99. The second-order valence-corrected chi connectivity index (χ2v) is 7.88. The quantitative estimate of drug-likeness (QED) is 0.827. The summed E-state index contributed by atoms with van der Waals surface area (Å²) in [6, 6.07) is 6.62. The van der Waals surface area contributed by atoms with Crippen LogP contribution in [0.3, 0.4) is 0 Å². The van der Waals surface area contributed by atoms with Gasteiger partial charge in [0.15, 0.2) is 0 Å². The highest BCUT2D eigenvalue weighted by Crippen LogP contribution is 2.15. The van der Waals surface area contributed by atoms with Crippen molar-refractivity contribution >= 4 is 27.7 Å². The van der Waals surface area contributed by atoms with Gasteiger partial charge in [-0.05, 0) is 19.1 Å². The van der Waals surface area contributed by atoms with Gasteiger partial charge in [0.05, 0.1) is 22.8 Å². The molecule has 1 aliphatic heterocycles. The number of anilines is 1. The average molecular weight is 341 g/mol. The number of aryl methyl sites for hydroxylation is 1. The van der Waals surface area contributed by atoms with Crippen molar-refractivity contribution in [2.24, 2.45) is 0 Å². The number of nitrogens with one attached hydrogen (secondary N) is 1. The predicted molar refractivity (Wildman–Crippen MR) is 84.0 cm³/mol. The molecule has 1 aliphatic rings. The minimum absolute atomic E-state index is 0.0961. The largest absolute Gasteiger partial charge is 0.312 e. The number of aromatic nitrogens is 2. The van der Waals surface area contributed by atoms with E-state index in [4.69, 9.17) is 4.52 Å². The third-order valence-corrected chi connectivity index (χ3v) is 5.60. The van der Waals surface area contributed by atoms with E-state index in [9.17, 15) is 8.42 Å². The van der Waals surface area contributed by atoms with Crippen LogP contribution in [0.1, 0.15) is 5.56 Å². The summed E-state index contributed by atoms with van der Waals surface area (Å²) in [5.41, 5.74) is 0.999.